The van der Waals surface area contributed by atoms with E-state index in [0.29, 0.717) is 13.1 Å². The number of hydrogen-bond acceptors (Lipinski definition) is 5. The molecule has 2 aromatic carbocycles. The molecule has 1 atom stereocenters. The Kier molecular flexibility index (Phi) is 6.45. The molecule has 2 fully saturated rings. The second-order valence-electron chi connectivity index (χ2n) is 8.86. The number of aryl methyl sites for hydroxylation is 2. The number of nitrogens with zero attached hydrogens (tertiary/aromatic N) is 3. The Morgan fingerprint density at radius 2 is 1.64 bits per heavy atom. The van der Waals surface area contributed by atoms with Gasteiger partial charge in [-0.05, 0) is 37.1 Å². The second-order valence-corrected chi connectivity index (χ2v) is 10.8. The van der Waals surface area contributed by atoms with Crippen molar-refractivity contribution in [3.05, 3.63) is 59.2 Å². The van der Waals surface area contributed by atoms with Gasteiger partial charge in [-0.25, -0.2) is 8.42 Å². The molecule has 0 saturated carbocycles. The van der Waals surface area contributed by atoms with Crippen LogP contribution >= 0.6 is 0 Å². The van der Waals surface area contributed by atoms with E-state index in [1.807, 2.05) is 31.2 Å². The summed E-state index contributed by atoms with van der Waals surface area (Å²) >= 11 is 0. The molecule has 0 spiro atoms. The first-order chi connectivity index (χ1) is 15.6. The van der Waals surface area contributed by atoms with Gasteiger partial charge in [0.05, 0.1) is 5.92 Å². The van der Waals surface area contributed by atoms with Crippen LogP contribution in [0.25, 0.3) is 0 Å². The molecule has 0 aliphatic carbocycles. The zero-order valence-electron chi connectivity index (χ0n) is 18.9. The third-order valence-electron chi connectivity index (χ3n) is 6.34. The highest BCUT2D eigenvalue weighted by atomic mass is 32.2. The van der Waals surface area contributed by atoms with Crippen molar-refractivity contribution in [1.29, 1.82) is 0 Å². The minimum Gasteiger partial charge on any atom is -0.507 e. The molecule has 33 heavy (non-hydrogen) atoms. The number of carbonyl (C=O) groups excluding carboxylic acids is 2. The Hall–Kier alpha value is -2.91. The van der Waals surface area contributed by atoms with E-state index in [1.165, 1.54) is 16.4 Å². The number of phenols is 1. The first kappa shape index (κ1) is 23.3. The topological polar surface area (TPSA) is 98.2 Å². The van der Waals surface area contributed by atoms with Gasteiger partial charge in [-0.2, -0.15) is 4.31 Å². The normalized spacial score (nSPS) is 19.8. The molecule has 4 rings (SSSR count). The number of amides is 2. The fraction of sp³-hybridized carbons (Fsp3) is 0.417. The summed E-state index contributed by atoms with van der Waals surface area (Å²) in [6.45, 7) is 5.44. The Balaban J connectivity index is 1.36. The van der Waals surface area contributed by atoms with E-state index < -0.39 is 15.9 Å². The summed E-state index contributed by atoms with van der Waals surface area (Å²) in [5.74, 6) is -0.834. The number of carbonyl (C=O) groups is 2. The minimum absolute atomic E-state index is 0.0370. The number of aromatic hydroxyl groups is 1. The molecule has 9 heteroatoms. The summed E-state index contributed by atoms with van der Waals surface area (Å²) in [7, 11) is -3.86. The van der Waals surface area contributed by atoms with E-state index in [2.05, 4.69) is 0 Å². The van der Waals surface area contributed by atoms with Gasteiger partial charge < -0.3 is 14.9 Å². The Labute approximate surface area is 194 Å². The average molecular weight is 472 g/mol. The maximum absolute atomic E-state index is 13.1. The summed E-state index contributed by atoms with van der Waals surface area (Å²) in [5.41, 5.74) is 2.92. The summed E-state index contributed by atoms with van der Waals surface area (Å²) in [5, 5.41) is 10.0. The first-order valence-corrected chi connectivity index (χ1v) is 12.5. The maximum Gasteiger partial charge on any atom is 0.246 e. The summed E-state index contributed by atoms with van der Waals surface area (Å²) in [4.78, 5) is 28.8. The first-order valence-electron chi connectivity index (χ1n) is 11.1. The summed E-state index contributed by atoms with van der Waals surface area (Å²) in [6, 6.07) is 12.5. The van der Waals surface area contributed by atoms with Crippen molar-refractivity contribution >= 4 is 21.8 Å². The lowest BCUT2D eigenvalue weighted by Gasteiger charge is -2.35. The van der Waals surface area contributed by atoms with Crippen LogP contribution in [0.4, 0.5) is 0 Å². The van der Waals surface area contributed by atoms with Gasteiger partial charge in [0.15, 0.2) is 0 Å². The van der Waals surface area contributed by atoms with Gasteiger partial charge in [0.1, 0.15) is 10.6 Å². The molecule has 0 bridgehead atoms. The smallest absolute Gasteiger partial charge is 0.246 e. The molecule has 1 N–H and O–H groups in total. The highest BCUT2D eigenvalue weighted by Gasteiger charge is 2.38. The van der Waals surface area contributed by atoms with Crippen molar-refractivity contribution in [3.63, 3.8) is 0 Å². The number of piperazine rings is 1. The lowest BCUT2D eigenvalue weighted by atomic mass is 10.1. The van der Waals surface area contributed by atoms with E-state index in [-0.39, 0.29) is 55.1 Å². The Bertz CT molecular complexity index is 1160. The SMILES string of the molecule is Cc1ccc(CN2CC(C(=O)N3CCN(S(=O)(=O)c4cc(C)ccc4O)CC3)CC2=O)cc1. The second kappa shape index (κ2) is 9.15. The number of benzene rings is 2. The largest absolute Gasteiger partial charge is 0.507 e. The van der Waals surface area contributed by atoms with E-state index in [4.69, 9.17) is 0 Å². The minimum atomic E-state index is -3.86. The van der Waals surface area contributed by atoms with E-state index >= 15 is 0 Å². The summed E-state index contributed by atoms with van der Waals surface area (Å²) < 4.78 is 27.3. The Morgan fingerprint density at radius 3 is 2.30 bits per heavy atom. The van der Waals surface area contributed by atoms with E-state index in [9.17, 15) is 23.1 Å². The highest BCUT2D eigenvalue weighted by Crippen LogP contribution is 2.28. The standard InChI is InChI=1S/C24H29N3O5S/c1-17-3-6-19(7-4-17)15-26-16-20(14-23(26)29)24(30)25-9-11-27(12-10-25)33(31,32)22-13-18(2)5-8-21(22)28/h3-8,13,20,28H,9-12,14-16H2,1-2H3. The maximum atomic E-state index is 13.1. The monoisotopic (exact) mass is 471 g/mol. The molecule has 2 aromatic rings. The fourth-order valence-corrected chi connectivity index (χ4v) is 5.97. The van der Waals surface area contributed by atoms with Crippen LogP contribution < -0.4 is 0 Å². The number of rotatable bonds is 5. The average Bonchev–Trinajstić information content (AvgIpc) is 3.16. The molecule has 2 saturated heterocycles. The van der Waals surface area contributed by atoms with Crippen LogP contribution in [0.1, 0.15) is 23.1 Å². The summed E-state index contributed by atoms with van der Waals surface area (Å²) in [6.07, 6.45) is 0.181. The third kappa shape index (κ3) is 4.89. The molecule has 0 radical (unpaired) electrons. The van der Waals surface area contributed by atoms with E-state index in [0.717, 1.165) is 16.7 Å². The van der Waals surface area contributed by atoms with Crippen LogP contribution in [0.5, 0.6) is 5.75 Å². The van der Waals surface area contributed by atoms with Crippen molar-refractivity contribution in [2.75, 3.05) is 32.7 Å². The van der Waals surface area contributed by atoms with Gasteiger partial charge in [0.25, 0.3) is 0 Å². The predicted octanol–water partition coefficient (Wildman–Crippen LogP) is 1.89. The molecular formula is C24H29N3O5S. The molecule has 8 nitrogen and oxygen atoms in total. The lowest BCUT2D eigenvalue weighted by molar-refractivity contribution is -0.137. The molecular weight excluding hydrogens is 442 g/mol. The third-order valence-corrected chi connectivity index (χ3v) is 8.27. The van der Waals surface area contributed by atoms with Crippen molar-refractivity contribution in [1.82, 2.24) is 14.1 Å². The highest BCUT2D eigenvalue weighted by molar-refractivity contribution is 7.89. The Morgan fingerprint density at radius 1 is 1.00 bits per heavy atom. The van der Waals surface area contributed by atoms with Crippen LogP contribution in [0.15, 0.2) is 47.4 Å². The zero-order chi connectivity index (χ0) is 23.8. The van der Waals surface area contributed by atoms with Crippen molar-refractivity contribution in [2.24, 2.45) is 5.92 Å². The number of hydrogen-bond donors (Lipinski definition) is 1. The molecule has 0 aromatic heterocycles. The van der Waals surface area contributed by atoms with Gasteiger partial charge in [0, 0.05) is 45.7 Å². The lowest BCUT2D eigenvalue weighted by Crippen LogP contribution is -2.52. The number of sulfonamides is 1. The molecule has 2 aliphatic heterocycles. The van der Waals surface area contributed by atoms with Crippen LogP contribution in [0.2, 0.25) is 0 Å². The molecule has 1 unspecified atom stereocenters. The van der Waals surface area contributed by atoms with Crippen LogP contribution in [-0.4, -0.2) is 72.2 Å². The van der Waals surface area contributed by atoms with Crippen molar-refractivity contribution in [3.8, 4) is 5.75 Å². The zero-order valence-corrected chi connectivity index (χ0v) is 19.7. The van der Waals surface area contributed by atoms with E-state index in [1.54, 1.807) is 22.8 Å². The molecule has 2 aliphatic rings. The molecule has 2 heterocycles. The number of likely N-dealkylation sites (tertiary alicyclic amines) is 1. The van der Waals surface area contributed by atoms with Crippen LogP contribution in [0, 0.1) is 19.8 Å². The number of phenolic OH excluding ortho intramolecular Hbond substituents is 1. The van der Waals surface area contributed by atoms with Crippen molar-refractivity contribution in [2.45, 2.75) is 31.7 Å². The molecule has 2 amide bonds. The quantitative estimate of drug-likeness (QED) is 0.718. The van der Waals surface area contributed by atoms with Crippen LogP contribution in [-0.2, 0) is 26.2 Å². The van der Waals surface area contributed by atoms with Gasteiger partial charge in [-0.15, -0.1) is 0 Å². The van der Waals surface area contributed by atoms with Gasteiger partial charge in [0.2, 0.25) is 21.8 Å². The van der Waals surface area contributed by atoms with Crippen LogP contribution in [0.3, 0.4) is 0 Å². The van der Waals surface area contributed by atoms with Gasteiger partial charge in [-0.1, -0.05) is 35.9 Å². The van der Waals surface area contributed by atoms with Gasteiger partial charge >= 0.3 is 0 Å². The van der Waals surface area contributed by atoms with Crippen molar-refractivity contribution < 1.29 is 23.1 Å². The predicted molar refractivity (Wildman–Crippen MR) is 123 cm³/mol. The molecule has 176 valence electrons. The van der Waals surface area contributed by atoms with Gasteiger partial charge in [-0.3, -0.25) is 9.59 Å². The fourth-order valence-electron chi connectivity index (χ4n) is 4.38.